The van der Waals surface area contributed by atoms with Crippen LogP contribution < -0.4 is 9.47 Å². The Kier molecular flexibility index (Phi) is 7.42. The van der Waals surface area contributed by atoms with Crippen LogP contribution >= 0.6 is 0 Å². The van der Waals surface area contributed by atoms with Gasteiger partial charge < -0.3 is 23.8 Å². The Bertz CT molecular complexity index is 1410. The Morgan fingerprint density at radius 2 is 1.68 bits per heavy atom. The molecule has 3 aromatic carbocycles. The van der Waals surface area contributed by atoms with Crippen molar-refractivity contribution in [1.29, 1.82) is 0 Å². The lowest BCUT2D eigenvalue weighted by Gasteiger charge is -2.23. The molecule has 1 unspecified atom stereocenters. The standard InChI is InChI=1S/C36H45NO4/c1-23-15-29(39-21-30-22-40-35(4,5)41-30)16-24(2)34(23)31-10-8-9-26(25(31)3)20-38-28-11-12-32-27(17-28)18-36(13-14-36)33(32)19-37(6)7/h8-12,15-17,30,33H,13-14,18-22H2,1-7H3/t30-,33?/m0/s1. The normalized spacial score (nSPS) is 21.9. The number of hydrogen-bond acceptors (Lipinski definition) is 5. The molecule has 1 aliphatic heterocycles. The number of aryl methyl sites for hydroxylation is 2. The maximum absolute atomic E-state index is 6.42. The predicted octanol–water partition coefficient (Wildman–Crippen LogP) is 7.37. The Morgan fingerprint density at radius 3 is 2.34 bits per heavy atom. The van der Waals surface area contributed by atoms with Gasteiger partial charge in [0.2, 0.25) is 0 Å². The quantitative estimate of drug-likeness (QED) is 0.276. The van der Waals surface area contributed by atoms with Crippen molar-refractivity contribution >= 4 is 0 Å². The molecule has 0 aromatic heterocycles. The second-order valence-corrected chi connectivity index (χ2v) is 13.3. The summed E-state index contributed by atoms with van der Waals surface area (Å²) in [4.78, 5) is 2.34. The first-order valence-electron chi connectivity index (χ1n) is 15.1. The number of likely N-dealkylation sites (N-methyl/N-ethyl adjacent to an activating group) is 1. The fourth-order valence-corrected chi connectivity index (χ4v) is 7.08. The van der Waals surface area contributed by atoms with Gasteiger partial charge in [0.15, 0.2) is 5.79 Å². The van der Waals surface area contributed by atoms with Crippen molar-refractivity contribution in [2.45, 2.75) is 78.3 Å². The van der Waals surface area contributed by atoms with Crippen molar-refractivity contribution in [1.82, 2.24) is 4.90 Å². The maximum atomic E-state index is 6.42. The van der Waals surface area contributed by atoms with Crippen LogP contribution in [0.3, 0.4) is 0 Å². The molecule has 3 aliphatic rings. The average Bonchev–Trinajstić information content (AvgIpc) is 3.51. The fraction of sp³-hybridized carbons (Fsp3) is 0.500. The number of benzene rings is 3. The minimum atomic E-state index is -0.537. The second-order valence-electron chi connectivity index (χ2n) is 13.3. The summed E-state index contributed by atoms with van der Waals surface area (Å²) in [7, 11) is 4.38. The van der Waals surface area contributed by atoms with Gasteiger partial charge in [-0.3, -0.25) is 0 Å². The van der Waals surface area contributed by atoms with E-state index in [1.807, 2.05) is 13.8 Å². The van der Waals surface area contributed by atoms with Gasteiger partial charge in [0, 0.05) is 12.5 Å². The molecule has 0 amide bonds. The summed E-state index contributed by atoms with van der Waals surface area (Å²) < 4.78 is 24.1. The summed E-state index contributed by atoms with van der Waals surface area (Å²) in [5.74, 6) is 1.96. The third kappa shape index (κ3) is 5.77. The van der Waals surface area contributed by atoms with Crippen molar-refractivity contribution < 1.29 is 18.9 Å². The van der Waals surface area contributed by atoms with Crippen LogP contribution in [0.4, 0.5) is 0 Å². The lowest BCUT2D eigenvalue weighted by atomic mass is 9.89. The van der Waals surface area contributed by atoms with Crippen molar-refractivity contribution in [3.63, 3.8) is 0 Å². The van der Waals surface area contributed by atoms with E-state index in [2.05, 4.69) is 88.3 Å². The number of ether oxygens (including phenoxy) is 4. The zero-order chi connectivity index (χ0) is 28.9. The average molecular weight is 556 g/mol. The Hall–Kier alpha value is -2.86. The van der Waals surface area contributed by atoms with Gasteiger partial charge in [0.25, 0.3) is 0 Å². The van der Waals surface area contributed by atoms with Crippen molar-refractivity contribution in [2.24, 2.45) is 5.41 Å². The molecule has 1 saturated heterocycles. The summed E-state index contributed by atoms with van der Waals surface area (Å²) in [5.41, 5.74) is 10.9. The smallest absolute Gasteiger partial charge is 0.163 e. The predicted molar refractivity (Wildman–Crippen MR) is 164 cm³/mol. The van der Waals surface area contributed by atoms with Crippen LogP contribution in [-0.4, -0.2) is 50.6 Å². The van der Waals surface area contributed by atoms with E-state index < -0.39 is 5.79 Å². The van der Waals surface area contributed by atoms with Gasteiger partial charge in [0.1, 0.15) is 30.8 Å². The lowest BCUT2D eigenvalue weighted by Crippen LogP contribution is -2.25. The molecule has 5 heteroatoms. The van der Waals surface area contributed by atoms with Crippen LogP contribution in [0.5, 0.6) is 11.5 Å². The summed E-state index contributed by atoms with van der Waals surface area (Å²) in [6.45, 7) is 13.1. The number of fused-ring (bicyclic) bond motifs is 1. The summed E-state index contributed by atoms with van der Waals surface area (Å²) in [5, 5.41) is 0. The summed E-state index contributed by atoms with van der Waals surface area (Å²) in [6, 6.07) is 17.6. The molecule has 1 spiro atoms. The van der Waals surface area contributed by atoms with Gasteiger partial charge in [0.05, 0.1) is 6.61 Å². The SMILES string of the molecule is Cc1cc(OC[C@H]2COC(C)(C)O2)cc(C)c1-c1cccc(COc2ccc3c(c2)CC2(CC2)C3CN(C)C)c1C. The molecule has 218 valence electrons. The van der Waals surface area contributed by atoms with E-state index in [4.69, 9.17) is 18.9 Å². The molecule has 2 atom stereocenters. The fourth-order valence-electron chi connectivity index (χ4n) is 7.08. The second kappa shape index (κ2) is 10.8. The van der Waals surface area contributed by atoms with Gasteiger partial charge in [-0.1, -0.05) is 24.3 Å². The van der Waals surface area contributed by atoms with E-state index in [1.54, 1.807) is 0 Å². The van der Waals surface area contributed by atoms with Gasteiger partial charge >= 0.3 is 0 Å². The molecule has 2 aliphatic carbocycles. The zero-order valence-electron chi connectivity index (χ0n) is 25.8. The summed E-state index contributed by atoms with van der Waals surface area (Å²) >= 11 is 0. The third-order valence-corrected chi connectivity index (χ3v) is 9.33. The molecule has 41 heavy (non-hydrogen) atoms. The zero-order valence-corrected chi connectivity index (χ0v) is 25.8. The topological polar surface area (TPSA) is 40.2 Å². The van der Waals surface area contributed by atoms with Crippen molar-refractivity contribution in [3.05, 3.63) is 81.9 Å². The largest absolute Gasteiger partial charge is 0.491 e. The minimum absolute atomic E-state index is 0.0517. The monoisotopic (exact) mass is 555 g/mol. The minimum Gasteiger partial charge on any atom is -0.491 e. The molecular weight excluding hydrogens is 510 g/mol. The Labute approximate surface area is 245 Å². The van der Waals surface area contributed by atoms with E-state index in [9.17, 15) is 0 Å². The van der Waals surface area contributed by atoms with E-state index in [0.29, 0.717) is 31.2 Å². The Morgan fingerprint density at radius 1 is 0.927 bits per heavy atom. The van der Waals surface area contributed by atoms with E-state index in [1.165, 1.54) is 63.8 Å². The van der Waals surface area contributed by atoms with Crippen LogP contribution in [0.25, 0.3) is 11.1 Å². The molecule has 5 nitrogen and oxygen atoms in total. The molecule has 0 N–H and O–H groups in total. The van der Waals surface area contributed by atoms with Crippen molar-refractivity contribution in [3.8, 4) is 22.6 Å². The van der Waals surface area contributed by atoms with Crippen LogP contribution in [0, 0.1) is 26.2 Å². The van der Waals surface area contributed by atoms with E-state index >= 15 is 0 Å². The third-order valence-electron chi connectivity index (χ3n) is 9.33. The molecule has 2 fully saturated rings. The highest BCUT2D eigenvalue weighted by Gasteiger charge is 2.54. The first kappa shape index (κ1) is 28.3. The molecule has 0 bridgehead atoms. The highest BCUT2D eigenvalue weighted by molar-refractivity contribution is 5.75. The van der Waals surface area contributed by atoms with E-state index in [0.717, 1.165) is 18.0 Å². The number of hydrogen-bond donors (Lipinski definition) is 0. The van der Waals surface area contributed by atoms with Gasteiger partial charge in [-0.25, -0.2) is 0 Å². The first-order valence-corrected chi connectivity index (χ1v) is 15.1. The number of nitrogens with zero attached hydrogens (tertiary/aromatic N) is 1. The highest BCUT2D eigenvalue weighted by Crippen LogP contribution is 2.63. The molecule has 0 radical (unpaired) electrons. The van der Waals surface area contributed by atoms with Crippen LogP contribution in [-0.2, 0) is 22.5 Å². The molecule has 3 aromatic rings. The van der Waals surface area contributed by atoms with Gasteiger partial charge in [-0.2, -0.15) is 0 Å². The molecule has 6 rings (SSSR count). The van der Waals surface area contributed by atoms with Gasteiger partial charge in [-0.05, 0) is 142 Å². The van der Waals surface area contributed by atoms with E-state index in [-0.39, 0.29) is 6.10 Å². The van der Waals surface area contributed by atoms with Crippen LogP contribution in [0.2, 0.25) is 0 Å². The molecule has 1 saturated carbocycles. The lowest BCUT2D eigenvalue weighted by molar-refractivity contribution is -0.141. The maximum Gasteiger partial charge on any atom is 0.163 e. The summed E-state index contributed by atoms with van der Waals surface area (Å²) in [6.07, 6.45) is 3.86. The number of rotatable bonds is 9. The van der Waals surface area contributed by atoms with Crippen molar-refractivity contribution in [2.75, 3.05) is 33.9 Å². The molecular formula is C36H45NO4. The molecule has 1 heterocycles. The highest BCUT2D eigenvalue weighted by atomic mass is 16.7. The van der Waals surface area contributed by atoms with Crippen LogP contribution in [0.15, 0.2) is 48.5 Å². The first-order chi connectivity index (χ1) is 19.5. The Balaban J connectivity index is 1.15. The van der Waals surface area contributed by atoms with Crippen LogP contribution in [0.1, 0.15) is 66.0 Å². The van der Waals surface area contributed by atoms with Gasteiger partial charge in [-0.15, -0.1) is 0 Å².